The molecule has 4 heteroatoms. The molecule has 0 spiro atoms. The number of anilines is 1. The molecule has 1 saturated carbocycles. The van der Waals surface area contributed by atoms with Gasteiger partial charge in [0.25, 0.3) is 5.91 Å². The molecular weight excluding hydrogens is 252 g/mol. The number of rotatable bonds is 4. The van der Waals surface area contributed by atoms with Crippen molar-refractivity contribution in [2.75, 3.05) is 12.8 Å². The summed E-state index contributed by atoms with van der Waals surface area (Å²) < 4.78 is 5.15. The number of carbonyl (C=O) groups is 1. The average Bonchev–Trinajstić information content (AvgIpc) is 2.48. The summed E-state index contributed by atoms with van der Waals surface area (Å²) in [5, 5.41) is 3.08. The van der Waals surface area contributed by atoms with E-state index < -0.39 is 0 Å². The second-order valence-corrected chi connectivity index (χ2v) is 5.58. The van der Waals surface area contributed by atoms with Gasteiger partial charge in [-0.2, -0.15) is 0 Å². The van der Waals surface area contributed by atoms with Crippen LogP contribution in [0.25, 0.3) is 0 Å². The number of hydrogen-bond donors (Lipinski definition) is 2. The fourth-order valence-electron chi connectivity index (χ4n) is 2.96. The molecule has 1 aliphatic carbocycles. The van der Waals surface area contributed by atoms with Crippen LogP contribution in [0.5, 0.6) is 5.75 Å². The maximum Gasteiger partial charge on any atom is 0.253 e. The van der Waals surface area contributed by atoms with E-state index in [1.54, 1.807) is 25.3 Å². The molecule has 1 amide bonds. The minimum atomic E-state index is -0.112. The van der Waals surface area contributed by atoms with E-state index in [0.29, 0.717) is 22.9 Å². The van der Waals surface area contributed by atoms with Crippen LogP contribution in [0, 0.1) is 5.92 Å². The van der Waals surface area contributed by atoms with Crippen molar-refractivity contribution in [1.29, 1.82) is 0 Å². The second kappa shape index (κ2) is 6.64. The van der Waals surface area contributed by atoms with Crippen LogP contribution in [0.2, 0.25) is 0 Å². The lowest BCUT2D eigenvalue weighted by Crippen LogP contribution is -2.39. The van der Waals surface area contributed by atoms with Gasteiger partial charge in [-0.15, -0.1) is 0 Å². The maximum atomic E-state index is 12.3. The van der Waals surface area contributed by atoms with E-state index in [-0.39, 0.29) is 11.9 Å². The number of hydrogen-bond acceptors (Lipinski definition) is 3. The van der Waals surface area contributed by atoms with Crippen molar-refractivity contribution in [3.05, 3.63) is 23.8 Å². The van der Waals surface area contributed by atoms with E-state index in [4.69, 9.17) is 10.5 Å². The Morgan fingerprint density at radius 2 is 2.05 bits per heavy atom. The van der Waals surface area contributed by atoms with Crippen molar-refractivity contribution in [3.8, 4) is 5.75 Å². The van der Waals surface area contributed by atoms with Crippen molar-refractivity contribution >= 4 is 11.6 Å². The van der Waals surface area contributed by atoms with Crippen LogP contribution in [0.1, 0.15) is 49.4 Å². The SMILES string of the molecule is COc1cccc(C(=O)NC(C)C2CCCCC2)c1N. The highest BCUT2D eigenvalue weighted by molar-refractivity contribution is 6.00. The van der Waals surface area contributed by atoms with Crippen LogP contribution >= 0.6 is 0 Å². The molecule has 3 N–H and O–H groups in total. The zero-order valence-corrected chi connectivity index (χ0v) is 12.3. The molecular formula is C16H24N2O2. The number of amides is 1. The van der Waals surface area contributed by atoms with Crippen LogP contribution in [-0.2, 0) is 0 Å². The highest BCUT2D eigenvalue weighted by Crippen LogP contribution is 2.28. The second-order valence-electron chi connectivity index (χ2n) is 5.58. The number of nitrogen functional groups attached to an aromatic ring is 1. The Morgan fingerprint density at radius 3 is 2.70 bits per heavy atom. The summed E-state index contributed by atoms with van der Waals surface area (Å²) in [5.41, 5.74) is 6.86. The molecule has 1 atom stereocenters. The van der Waals surface area contributed by atoms with Crippen molar-refractivity contribution in [2.24, 2.45) is 5.92 Å². The molecule has 0 heterocycles. The summed E-state index contributed by atoms with van der Waals surface area (Å²) in [4.78, 5) is 12.3. The first-order valence-corrected chi connectivity index (χ1v) is 7.37. The third-order valence-electron chi connectivity index (χ3n) is 4.25. The molecule has 0 bridgehead atoms. The summed E-state index contributed by atoms with van der Waals surface area (Å²) in [6, 6.07) is 5.47. The Balaban J connectivity index is 2.04. The predicted octanol–water partition coefficient (Wildman–Crippen LogP) is 2.98. The lowest BCUT2D eigenvalue weighted by atomic mass is 9.84. The molecule has 0 aromatic heterocycles. The average molecular weight is 276 g/mol. The van der Waals surface area contributed by atoms with E-state index in [9.17, 15) is 4.79 Å². The lowest BCUT2D eigenvalue weighted by Gasteiger charge is -2.28. The fraction of sp³-hybridized carbons (Fsp3) is 0.562. The zero-order chi connectivity index (χ0) is 14.5. The lowest BCUT2D eigenvalue weighted by molar-refractivity contribution is 0.0920. The topological polar surface area (TPSA) is 64.3 Å². The van der Waals surface area contributed by atoms with Gasteiger partial charge in [-0.3, -0.25) is 4.79 Å². The van der Waals surface area contributed by atoms with Gasteiger partial charge in [0.2, 0.25) is 0 Å². The molecule has 1 aromatic rings. The first-order valence-electron chi connectivity index (χ1n) is 7.37. The molecule has 20 heavy (non-hydrogen) atoms. The van der Waals surface area contributed by atoms with Gasteiger partial charge in [0.05, 0.1) is 18.4 Å². The first kappa shape index (κ1) is 14.7. The Hall–Kier alpha value is -1.71. The van der Waals surface area contributed by atoms with E-state index in [2.05, 4.69) is 12.2 Å². The van der Waals surface area contributed by atoms with E-state index in [0.717, 1.165) is 0 Å². The quantitative estimate of drug-likeness (QED) is 0.831. The Morgan fingerprint density at radius 1 is 1.35 bits per heavy atom. The molecule has 0 radical (unpaired) electrons. The molecule has 0 aliphatic heterocycles. The zero-order valence-electron chi connectivity index (χ0n) is 12.3. The third-order valence-corrected chi connectivity index (χ3v) is 4.25. The van der Waals surface area contributed by atoms with Crippen molar-refractivity contribution in [2.45, 2.75) is 45.1 Å². The smallest absolute Gasteiger partial charge is 0.253 e. The predicted molar refractivity (Wildman–Crippen MR) is 80.9 cm³/mol. The standard InChI is InChI=1S/C16H24N2O2/c1-11(12-7-4-3-5-8-12)18-16(19)13-9-6-10-14(20-2)15(13)17/h6,9-12H,3-5,7-8,17H2,1-2H3,(H,18,19). The summed E-state index contributed by atoms with van der Waals surface area (Å²) in [7, 11) is 1.55. The number of para-hydroxylation sites is 1. The molecule has 4 nitrogen and oxygen atoms in total. The van der Waals surface area contributed by atoms with Crippen molar-refractivity contribution in [1.82, 2.24) is 5.32 Å². The Kier molecular flexibility index (Phi) is 4.88. The highest BCUT2D eigenvalue weighted by atomic mass is 16.5. The largest absolute Gasteiger partial charge is 0.495 e. The molecule has 2 rings (SSSR count). The highest BCUT2D eigenvalue weighted by Gasteiger charge is 2.22. The Labute approximate surface area is 120 Å². The van der Waals surface area contributed by atoms with Gasteiger partial charge in [0.15, 0.2) is 0 Å². The van der Waals surface area contributed by atoms with Crippen LogP contribution in [0.15, 0.2) is 18.2 Å². The monoisotopic (exact) mass is 276 g/mol. The summed E-state index contributed by atoms with van der Waals surface area (Å²) in [6.45, 7) is 2.09. The number of ether oxygens (including phenoxy) is 1. The van der Waals surface area contributed by atoms with Crippen LogP contribution < -0.4 is 15.8 Å². The fourth-order valence-corrected chi connectivity index (χ4v) is 2.96. The van der Waals surface area contributed by atoms with Gasteiger partial charge in [-0.1, -0.05) is 25.3 Å². The molecule has 1 unspecified atom stereocenters. The minimum absolute atomic E-state index is 0.112. The van der Waals surface area contributed by atoms with Crippen LogP contribution in [-0.4, -0.2) is 19.1 Å². The number of benzene rings is 1. The summed E-state index contributed by atoms with van der Waals surface area (Å²) in [5.74, 6) is 1.02. The molecule has 1 fully saturated rings. The number of methoxy groups -OCH3 is 1. The summed E-state index contributed by atoms with van der Waals surface area (Å²) in [6.07, 6.45) is 6.27. The minimum Gasteiger partial charge on any atom is -0.495 e. The van der Waals surface area contributed by atoms with Gasteiger partial charge in [-0.25, -0.2) is 0 Å². The Bertz CT molecular complexity index is 468. The third kappa shape index (κ3) is 3.24. The number of nitrogens with two attached hydrogens (primary N) is 1. The molecule has 1 aliphatic rings. The van der Waals surface area contributed by atoms with Gasteiger partial charge in [0.1, 0.15) is 5.75 Å². The van der Waals surface area contributed by atoms with E-state index in [1.165, 1.54) is 32.1 Å². The van der Waals surface area contributed by atoms with Crippen LogP contribution in [0.3, 0.4) is 0 Å². The first-order chi connectivity index (χ1) is 9.63. The van der Waals surface area contributed by atoms with Gasteiger partial charge in [0, 0.05) is 6.04 Å². The van der Waals surface area contributed by atoms with Gasteiger partial charge < -0.3 is 15.8 Å². The van der Waals surface area contributed by atoms with Crippen molar-refractivity contribution < 1.29 is 9.53 Å². The van der Waals surface area contributed by atoms with Gasteiger partial charge >= 0.3 is 0 Å². The summed E-state index contributed by atoms with van der Waals surface area (Å²) >= 11 is 0. The van der Waals surface area contributed by atoms with Crippen molar-refractivity contribution in [3.63, 3.8) is 0 Å². The maximum absolute atomic E-state index is 12.3. The van der Waals surface area contributed by atoms with E-state index >= 15 is 0 Å². The van der Waals surface area contributed by atoms with Crippen LogP contribution in [0.4, 0.5) is 5.69 Å². The van der Waals surface area contributed by atoms with Gasteiger partial charge in [-0.05, 0) is 37.8 Å². The molecule has 110 valence electrons. The number of nitrogens with one attached hydrogen (secondary N) is 1. The molecule has 0 saturated heterocycles. The normalized spacial score (nSPS) is 17.5. The molecule has 1 aromatic carbocycles. The number of carbonyl (C=O) groups excluding carboxylic acids is 1. The van der Waals surface area contributed by atoms with E-state index in [1.807, 2.05) is 0 Å².